The predicted octanol–water partition coefficient (Wildman–Crippen LogP) is 17.7. The quantitative estimate of drug-likeness (QED) is 0.156. The molecule has 0 nitrogen and oxygen atoms in total. The largest absolute Gasteiger partial charge is 0.135 e. The summed E-state index contributed by atoms with van der Waals surface area (Å²) in [7, 11) is 0. The van der Waals surface area contributed by atoms with E-state index in [-0.39, 0.29) is 0 Å². The van der Waals surface area contributed by atoms with Crippen LogP contribution in [0, 0.1) is 0 Å². The van der Waals surface area contributed by atoms with Gasteiger partial charge < -0.3 is 0 Å². The number of rotatable bonds is 4. The fourth-order valence-corrected chi connectivity index (χ4v) is 12.6. The molecule has 60 heavy (non-hydrogen) atoms. The fourth-order valence-electron chi connectivity index (χ4n) is 10.2. The zero-order valence-electron chi connectivity index (χ0n) is 32.4. The van der Waals surface area contributed by atoms with E-state index in [1.54, 1.807) is 0 Å². The van der Waals surface area contributed by atoms with Gasteiger partial charge in [0.05, 0.1) is 0 Å². The Labute approximate surface area is 354 Å². The van der Waals surface area contributed by atoms with Gasteiger partial charge in [-0.1, -0.05) is 188 Å². The molecule has 0 fully saturated rings. The van der Waals surface area contributed by atoms with Crippen molar-refractivity contribution in [1.82, 2.24) is 0 Å². The Morgan fingerprint density at radius 1 is 0.233 bits per heavy atom. The lowest BCUT2D eigenvalue weighted by Crippen LogP contribution is -1.91. The van der Waals surface area contributed by atoms with Crippen LogP contribution in [0.25, 0.3) is 128 Å². The Morgan fingerprint density at radius 2 is 0.683 bits per heavy atom. The molecule has 0 atom stereocenters. The maximum atomic E-state index is 2.45. The molecule has 0 radical (unpaired) electrons. The van der Waals surface area contributed by atoms with Crippen LogP contribution in [0.15, 0.2) is 206 Å². The van der Waals surface area contributed by atoms with Crippen LogP contribution in [0.4, 0.5) is 0 Å². The first-order valence-electron chi connectivity index (χ1n) is 20.6. The van der Waals surface area contributed by atoms with Crippen molar-refractivity contribution in [2.45, 2.75) is 0 Å². The molecule has 13 rings (SSSR count). The first-order chi connectivity index (χ1) is 29.8. The van der Waals surface area contributed by atoms with Gasteiger partial charge in [0.2, 0.25) is 0 Å². The van der Waals surface area contributed by atoms with Crippen LogP contribution < -0.4 is 0 Å². The Balaban J connectivity index is 1.06. The number of benzene rings is 11. The molecule has 0 aliphatic heterocycles. The SMILES string of the molecule is c1ccc(-c2c3ccccc3c(-c3ccc4c(c3)sc3cccc(-c5c6ccccc6c(-c6cccc7c6sc6ccccc67)c6ccccc56)c34)c3ccccc23)cc1. The van der Waals surface area contributed by atoms with Crippen molar-refractivity contribution in [1.29, 1.82) is 0 Å². The summed E-state index contributed by atoms with van der Waals surface area (Å²) in [5.41, 5.74) is 10.3. The minimum Gasteiger partial charge on any atom is -0.135 e. The van der Waals surface area contributed by atoms with Crippen LogP contribution >= 0.6 is 22.7 Å². The van der Waals surface area contributed by atoms with Crippen molar-refractivity contribution in [2.24, 2.45) is 0 Å². The second-order valence-electron chi connectivity index (χ2n) is 15.8. The first-order valence-corrected chi connectivity index (χ1v) is 22.2. The van der Waals surface area contributed by atoms with Crippen LogP contribution in [-0.2, 0) is 0 Å². The van der Waals surface area contributed by atoms with E-state index in [4.69, 9.17) is 0 Å². The van der Waals surface area contributed by atoms with E-state index < -0.39 is 0 Å². The third kappa shape index (κ3) is 4.90. The minimum atomic E-state index is 1.24. The molecule has 2 heteroatoms. The van der Waals surface area contributed by atoms with E-state index >= 15 is 0 Å². The van der Waals surface area contributed by atoms with Crippen molar-refractivity contribution in [3.8, 4) is 44.5 Å². The molecule has 0 spiro atoms. The average Bonchev–Trinajstić information content (AvgIpc) is 3.89. The molecular weight excluding hydrogens is 761 g/mol. The van der Waals surface area contributed by atoms with Crippen molar-refractivity contribution in [3.63, 3.8) is 0 Å². The monoisotopic (exact) mass is 794 g/mol. The van der Waals surface area contributed by atoms with Gasteiger partial charge in [-0.15, -0.1) is 22.7 Å². The molecule has 0 aliphatic rings. The van der Waals surface area contributed by atoms with Gasteiger partial charge in [-0.3, -0.25) is 0 Å². The van der Waals surface area contributed by atoms with Crippen LogP contribution in [0.1, 0.15) is 0 Å². The molecule has 2 heterocycles. The maximum absolute atomic E-state index is 2.45. The van der Waals surface area contributed by atoms with Crippen LogP contribution in [0.2, 0.25) is 0 Å². The van der Waals surface area contributed by atoms with Gasteiger partial charge in [-0.05, 0) is 100 Å². The average molecular weight is 795 g/mol. The molecular formula is C58H34S2. The molecule has 0 saturated heterocycles. The van der Waals surface area contributed by atoms with E-state index in [1.165, 1.54) is 128 Å². The summed E-state index contributed by atoms with van der Waals surface area (Å²) in [6, 6.07) is 76.8. The molecule has 0 unspecified atom stereocenters. The van der Waals surface area contributed by atoms with Crippen LogP contribution in [0.3, 0.4) is 0 Å². The Bertz CT molecular complexity index is 3770. The minimum absolute atomic E-state index is 1.24. The van der Waals surface area contributed by atoms with E-state index in [0.717, 1.165) is 0 Å². The summed E-state index contributed by atoms with van der Waals surface area (Å²) < 4.78 is 5.28. The van der Waals surface area contributed by atoms with Gasteiger partial charge in [-0.2, -0.15) is 0 Å². The number of hydrogen-bond donors (Lipinski definition) is 0. The lowest BCUT2D eigenvalue weighted by atomic mass is 9.84. The zero-order chi connectivity index (χ0) is 39.3. The normalized spacial score (nSPS) is 12.0. The van der Waals surface area contributed by atoms with Gasteiger partial charge in [0, 0.05) is 45.9 Å². The topological polar surface area (TPSA) is 0 Å². The lowest BCUT2D eigenvalue weighted by Gasteiger charge is -2.19. The van der Waals surface area contributed by atoms with Gasteiger partial charge in [0.1, 0.15) is 0 Å². The van der Waals surface area contributed by atoms with Crippen molar-refractivity contribution in [2.75, 3.05) is 0 Å². The van der Waals surface area contributed by atoms with E-state index in [1.807, 2.05) is 22.7 Å². The van der Waals surface area contributed by atoms with E-state index in [2.05, 4.69) is 206 Å². The predicted molar refractivity (Wildman–Crippen MR) is 264 cm³/mol. The summed E-state index contributed by atoms with van der Waals surface area (Å²) in [4.78, 5) is 0. The molecule has 2 aromatic heterocycles. The van der Waals surface area contributed by atoms with Crippen LogP contribution in [0.5, 0.6) is 0 Å². The van der Waals surface area contributed by atoms with Gasteiger partial charge in [0.15, 0.2) is 0 Å². The molecule has 13 aromatic rings. The standard InChI is InChI=1S/C58H34S2/c1-2-16-35(17-3-1)53-38-19-4-6-21-40(38)54(41-22-7-5-20-39(41)53)36-32-33-47-52(34-36)59-51-31-15-28-48(57(47)51)55-42-23-8-10-25-44(42)56(45-26-11-9-24-43(45)55)49-29-14-27-46-37-18-12-13-30-50(37)60-58(46)49/h1-34H. The Hall–Kier alpha value is -7.10. The summed E-state index contributed by atoms with van der Waals surface area (Å²) in [6.45, 7) is 0. The molecule has 0 amide bonds. The summed E-state index contributed by atoms with van der Waals surface area (Å²) in [5.74, 6) is 0. The highest BCUT2D eigenvalue weighted by atomic mass is 32.1. The van der Waals surface area contributed by atoms with E-state index in [0.29, 0.717) is 0 Å². The van der Waals surface area contributed by atoms with Crippen molar-refractivity contribution < 1.29 is 0 Å². The van der Waals surface area contributed by atoms with Crippen LogP contribution in [-0.4, -0.2) is 0 Å². The highest BCUT2D eigenvalue weighted by molar-refractivity contribution is 7.26. The Kier molecular flexibility index (Phi) is 7.45. The molecule has 0 saturated carbocycles. The first kappa shape index (κ1) is 33.8. The summed E-state index contributed by atoms with van der Waals surface area (Å²) in [5, 5.41) is 15.5. The second-order valence-corrected chi connectivity index (χ2v) is 18.0. The maximum Gasteiger partial charge on any atom is 0.0434 e. The molecule has 0 N–H and O–H groups in total. The summed E-state index contributed by atoms with van der Waals surface area (Å²) in [6.07, 6.45) is 0. The number of hydrogen-bond acceptors (Lipinski definition) is 2. The highest BCUT2D eigenvalue weighted by Crippen LogP contribution is 2.51. The number of thiophene rings is 2. The fraction of sp³-hybridized carbons (Fsp3) is 0. The number of fused-ring (bicyclic) bond motifs is 10. The third-order valence-electron chi connectivity index (χ3n) is 12.7. The summed E-state index contributed by atoms with van der Waals surface area (Å²) >= 11 is 3.81. The van der Waals surface area contributed by atoms with Gasteiger partial charge >= 0.3 is 0 Å². The Morgan fingerprint density at radius 3 is 1.30 bits per heavy atom. The smallest absolute Gasteiger partial charge is 0.0434 e. The van der Waals surface area contributed by atoms with Crippen molar-refractivity contribution >= 4 is 106 Å². The molecule has 11 aromatic carbocycles. The van der Waals surface area contributed by atoms with Gasteiger partial charge in [-0.25, -0.2) is 0 Å². The van der Waals surface area contributed by atoms with Gasteiger partial charge in [0.25, 0.3) is 0 Å². The molecule has 278 valence electrons. The third-order valence-corrected chi connectivity index (χ3v) is 15.0. The van der Waals surface area contributed by atoms with E-state index in [9.17, 15) is 0 Å². The molecule has 0 bridgehead atoms. The highest BCUT2D eigenvalue weighted by Gasteiger charge is 2.22. The van der Waals surface area contributed by atoms with Crippen molar-refractivity contribution in [3.05, 3.63) is 206 Å². The lowest BCUT2D eigenvalue weighted by molar-refractivity contribution is 1.66. The second kappa shape index (κ2) is 13.2. The zero-order valence-corrected chi connectivity index (χ0v) is 34.1. The molecule has 0 aliphatic carbocycles.